The summed E-state index contributed by atoms with van der Waals surface area (Å²) in [6.45, 7) is 5.47. The first-order valence-corrected chi connectivity index (χ1v) is 13.4. The summed E-state index contributed by atoms with van der Waals surface area (Å²) in [6.07, 6.45) is 3.30. The van der Waals surface area contributed by atoms with E-state index in [1.807, 2.05) is 13.0 Å². The van der Waals surface area contributed by atoms with Crippen molar-refractivity contribution >= 4 is 11.9 Å². The molecule has 0 bridgehead atoms. The molecule has 1 aliphatic carbocycles. The first kappa shape index (κ1) is 23.9. The number of hydrogen-bond acceptors (Lipinski definition) is 4. The number of benzene rings is 3. The van der Waals surface area contributed by atoms with Crippen LogP contribution in [-0.4, -0.2) is 59.5 Å². The van der Waals surface area contributed by atoms with Gasteiger partial charge in [-0.1, -0.05) is 78.9 Å². The van der Waals surface area contributed by atoms with E-state index in [0.29, 0.717) is 6.67 Å². The summed E-state index contributed by atoms with van der Waals surface area (Å²) in [5.41, 5.74) is 5.10. The highest BCUT2D eigenvalue weighted by Gasteiger charge is 2.49. The standard InChI is InChI=1S/C31H34N4O2/c1-31(27-16-15-23-13-8-14-26(23)21-27)29(36)35(30(37)32-31)22-33-17-19-34(20-18-33)28(24-9-4-2-5-10-24)25-11-6-3-7-12-25/h2-7,9-12,15-16,21,28H,8,13-14,17-20,22H2,1H3,(H,32,37)/t31-/m1/s1. The Morgan fingerprint density at radius 1 is 0.811 bits per heavy atom. The quantitative estimate of drug-likeness (QED) is 0.519. The molecule has 2 fully saturated rings. The van der Waals surface area contributed by atoms with E-state index in [4.69, 9.17) is 0 Å². The highest BCUT2D eigenvalue weighted by Crippen LogP contribution is 2.33. The summed E-state index contributed by atoms with van der Waals surface area (Å²) in [6, 6.07) is 27.4. The zero-order chi connectivity index (χ0) is 25.4. The van der Waals surface area contributed by atoms with Gasteiger partial charge in [0.15, 0.2) is 0 Å². The number of nitrogens with one attached hydrogen (secondary N) is 1. The molecule has 1 atom stereocenters. The summed E-state index contributed by atoms with van der Waals surface area (Å²) in [5.74, 6) is -0.163. The van der Waals surface area contributed by atoms with Gasteiger partial charge in [0.05, 0.1) is 12.7 Å². The summed E-state index contributed by atoms with van der Waals surface area (Å²) in [7, 11) is 0. The van der Waals surface area contributed by atoms with Gasteiger partial charge in [0.25, 0.3) is 5.91 Å². The molecular formula is C31H34N4O2. The Morgan fingerprint density at radius 2 is 1.43 bits per heavy atom. The highest BCUT2D eigenvalue weighted by atomic mass is 16.2. The minimum atomic E-state index is -1.01. The Hall–Kier alpha value is -3.48. The van der Waals surface area contributed by atoms with Crippen LogP contribution in [0.2, 0.25) is 0 Å². The third-order valence-electron chi connectivity index (χ3n) is 8.29. The van der Waals surface area contributed by atoms with E-state index in [2.05, 4.69) is 87.9 Å². The number of carbonyl (C=O) groups is 2. The van der Waals surface area contributed by atoms with Crippen molar-refractivity contribution in [3.05, 3.63) is 107 Å². The smallest absolute Gasteiger partial charge is 0.319 e. The lowest BCUT2D eigenvalue weighted by Gasteiger charge is -2.40. The van der Waals surface area contributed by atoms with Gasteiger partial charge in [0.1, 0.15) is 5.54 Å². The van der Waals surface area contributed by atoms with Crippen LogP contribution in [0.5, 0.6) is 0 Å². The van der Waals surface area contributed by atoms with Crippen LogP contribution in [-0.2, 0) is 23.2 Å². The lowest BCUT2D eigenvalue weighted by atomic mass is 9.90. The number of piperazine rings is 1. The lowest BCUT2D eigenvalue weighted by molar-refractivity contribution is -0.132. The van der Waals surface area contributed by atoms with Crippen molar-refractivity contribution in [1.82, 2.24) is 20.0 Å². The van der Waals surface area contributed by atoms with E-state index in [9.17, 15) is 9.59 Å². The summed E-state index contributed by atoms with van der Waals surface area (Å²) in [5, 5.41) is 3.00. The molecule has 3 amide bonds. The van der Waals surface area contributed by atoms with Crippen molar-refractivity contribution in [2.24, 2.45) is 0 Å². The Morgan fingerprint density at radius 3 is 2.08 bits per heavy atom. The van der Waals surface area contributed by atoms with Crippen molar-refractivity contribution in [1.29, 1.82) is 0 Å². The predicted octanol–water partition coefficient (Wildman–Crippen LogP) is 4.31. The van der Waals surface area contributed by atoms with Crippen LogP contribution in [0.15, 0.2) is 78.9 Å². The monoisotopic (exact) mass is 494 g/mol. The lowest BCUT2D eigenvalue weighted by Crippen LogP contribution is -2.52. The van der Waals surface area contributed by atoms with Gasteiger partial charge in [-0.2, -0.15) is 0 Å². The van der Waals surface area contributed by atoms with E-state index in [0.717, 1.165) is 51.0 Å². The van der Waals surface area contributed by atoms with Crippen molar-refractivity contribution in [3.63, 3.8) is 0 Å². The maximum atomic E-state index is 13.6. The van der Waals surface area contributed by atoms with Crippen LogP contribution in [0.25, 0.3) is 0 Å². The first-order valence-electron chi connectivity index (χ1n) is 13.4. The maximum absolute atomic E-state index is 13.6. The number of amides is 3. The molecule has 0 saturated carbocycles. The molecule has 6 heteroatoms. The topological polar surface area (TPSA) is 55.9 Å². The molecule has 3 aromatic rings. The fraction of sp³-hybridized carbons (Fsp3) is 0.355. The molecule has 190 valence electrons. The average molecular weight is 495 g/mol. The minimum Gasteiger partial charge on any atom is -0.319 e. The van der Waals surface area contributed by atoms with Crippen molar-refractivity contribution in [3.8, 4) is 0 Å². The predicted molar refractivity (Wildman–Crippen MR) is 144 cm³/mol. The van der Waals surface area contributed by atoms with E-state index >= 15 is 0 Å². The summed E-state index contributed by atoms with van der Waals surface area (Å²) in [4.78, 5) is 32.7. The zero-order valence-electron chi connectivity index (χ0n) is 21.4. The molecule has 0 aromatic heterocycles. The van der Waals surface area contributed by atoms with Crippen LogP contribution in [0.1, 0.15) is 47.2 Å². The second-order valence-corrected chi connectivity index (χ2v) is 10.6. The first-order chi connectivity index (χ1) is 18.0. The third-order valence-corrected chi connectivity index (χ3v) is 8.29. The molecule has 6 nitrogen and oxygen atoms in total. The van der Waals surface area contributed by atoms with E-state index in [-0.39, 0.29) is 18.0 Å². The molecule has 0 spiro atoms. The number of fused-ring (bicyclic) bond motifs is 1. The molecule has 2 saturated heterocycles. The number of rotatable bonds is 6. The molecule has 0 radical (unpaired) electrons. The minimum absolute atomic E-state index is 0.163. The Balaban J connectivity index is 1.14. The molecule has 0 unspecified atom stereocenters. The van der Waals surface area contributed by atoms with Gasteiger partial charge in [-0.15, -0.1) is 0 Å². The molecular weight excluding hydrogens is 460 g/mol. The SMILES string of the molecule is C[C@]1(c2ccc3c(c2)CCC3)NC(=O)N(CN2CCN(C(c3ccccc3)c3ccccc3)CC2)C1=O. The van der Waals surface area contributed by atoms with Gasteiger partial charge in [-0.25, -0.2) is 9.69 Å². The number of carbonyl (C=O) groups excluding carboxylic acids is 2. The zero-order valence-corrected chi connectivity index (χ0v) is 21.4. The van der Waals surface area contributed by atoms with Crippen molar-refractivity contribution in [2.45, 2.75) is 37.8 Å². The van der Waals surface area contributed by atoms with Crippen LogP contribution < -0.4 is 5.32 Å². The Kier molecular flexibility index (Phi) is 6.31. The van der Waals surface area contributed by atoms with Crippen molar-refractivity contribution in [2.75, 3.05) is 32.8 Å². The van der Waals surface area contributed by atoms with Gasteiger partial charge in [0, 0.05) is 26.2 Å². The number of urea groups is 1. The highest BCUT2D eigenvalue weighted by molar-refractivity contribution is 6.07. The van der Waals surface area contributed by atoms with Crippen LogP contribution >= 0.6 is 0 Å². The second kappa shape index (κ2) is 9.77. The van der Waals surface area contributed by atoms with E-state index in [1.54, 1.807) is 0 Å². The van der Waals surface area contributed by atoms with Crippen LogP contribution in [0, 0.1) is 0 Å². The number of aryl methyl sites for hydroxylation is 2. The molecule has 1 N–H and O–H groups in total. The van der Waals surface area contributed by atoms with Gasteiger partial charge < -0.3 is 5.32 Å². The fourth-order valence-corrected chi connectivity index (χ4v) is 6.15. The number of hydrogen-bond donors (Lipinski definition) is 1. The van der Waals surface area contributed by atoms with Gasteiger partial charge >= 0.3 is 6.03 Å². The van der Waals surface area contributed by atoms with Gasteiger partial charge in [-0.3, -0.25) is 14.6 Å². The number of imide groups is 1. The molecule has 2 aliphatic heterocycles. The Bertz CT molecular complexity index is 1250. The molecule has 2 heterocycles. The molecule has 3 aliphatic rings. The molecule has 3 aromatic carbocycles. The second-order valence-electron chi connectivity index (χ2n) is 10.6. The largest absolute Gasteiger partial charge is 0.326 e. The molecule has 6 rings (SSSR count). The normalized spacial score (nSPS) is 22.5. The van der Waals surface area contributed by atoms with Gasteiger partial charge in [-0.05, 0) is 54.0 Å². The summed E-state index contributed by atoms with van der Waals surface area (Å²) >= 11 is 0. The van der Waals surface area contributed by atoms with Crippen molar-refractivity contribution < 1.29 is 9.59 Å². The Labute approximate surface area is 218 Å². The van der Waals surface area contributed by atoms with E-state index in [1.165, 1.54) is 27.2 Å². The molecule has 37 heavy (non-hydrogen) atoms. The third kappa shape index (κ3) is 4.45. The van der Waals surface area contributed by atoms with Crippen LogP contribution in [0.3, 0.4) is 0 Å². The van der Waals surface area contributed by atoms with Crippen LogP contribution in [0.4, 0.5) is 4.79 Å². The van der Waals surface area contributed by atoms with Gasteiger partial charge in [0.2, 0.25) is 0 Å². The fourth-order valence-electron chi connectivity index (χ4n) is 6.15. The average Bonchev–Trinajstić information content (AvgIpc) is 3.49. The maximum Gasteiger partial charge on any atom is 0.326 e. The number of nitrogens with zero attached hydrogens (tertiary/aromatic N) is 3. The van der Waals surface area contributed by atoms with E-state index < -0.39 is 5.54 Å². The summed E-state index contributed by atoms with van der Waals surface area (Å²) < 4.78 is 0.